The number of rotatable bonds is 9. The molecule has 0 aliphatic heterocycles. The first-order chi connectivity index (χ1) is 8.70. The fraction of sp³-hybridized carbons (Fsp3) is 0.846. The van der Waals surface area contributed by atoms with Crippen LogP contribution in [0.2, 0.25) is 0 Å². The van der Waals surface area contributed by atoms with Crippen LogP contribution in [0.4, 0.5) is 0 Å². The van der Waals surface area contributed by atoms with Crippen molar-refractivity contribution in [3.05, 3.63) is 0 Å². The molecule has 19 heavy (non-hydrogen) atoms. The van der Waals surface area contributed by atoms with E-state index in [4.69, 9.17) is 10.8 Å². The quantitative estimate of drug-likeness (QED) is 0.444. The molecule has 0 bridgehead atoms. The van der Waals surface area contributed by atoms with E-state index in [-0.39, 0.29) is 12.5 Å². The van der Waals surface area contributed by atoms with Gasteiger partial charge in [0.05, 0.1) is 6.04 Å². The Bertz CT molecular complexity index is 303. The molecule has 0 saturated carbocycles. The van der Waals surface area contributed by atoms with E-state index in [2.05, 4.69) is 19.6 Å². The molecule has 1 amide bonds. The van der Waals surface area contributed by atoms with Gasteiger partial charge in [-0.05, 0) is 20.3 Å². The van der Waals surface area contributed by atoms with Crippen molar-refractivity contribution >= 4 is 24.5 Å². The van der Waals surface area contributed by atoms with Crippen molar-refractivity contribution in [3.8, 4) is 0 Å². The maximum Gasteiger partial charge on any atom is 0.323 e. The molecule has 112 valence electrons. The van der Waals surface area contributed by atoms with Crippen molar-refractivity contribution in [1.82, 2.24) is 4.90 Å². The third-order valence-electron chi connectivity index (χ3n) is 2.95. The first kappa shape index (κ1) is 18.2. The number of aliphatic carboxylic acids is 1. The molecule has 0 spiro atoms. The molecule has 0 heterocycles. The summed E-state index contributed by atoms with van der Waals surface area (Å²) in [6.07, 6.45) is 3.96. The number of nitrogens with two attached hydrogens (primary N) is 1. The van der Waals surface area contributed by atoms with Gasteiger partial charge in [0.25, 0.3) is 0 Å². The van der Waals surface area contributed by atoms with Crippen molar-refractivity contribution < 1.29 is 14.7 Å². The van der Waals surface area contributed by atoms with E-state index in [1.165, 1.54) is 4.90 Å². The van der Waals surface area contributed by atoms with Crippen molar-refractivity contribution in [2.45, 2.75) is 57.2 Å². The summed E-state index contributed by atoms with van der Waals surface area (Å²) in [5.74, 6) is -1.37. The van der Waals surface area contributed by atoms with E-state index in [1.807, 2.05) is 0 Å². The topological polar surface area (TPSA) is 83.6 Å². The lowest BCUT2D eigenvalue weighted by Crippen LogP contribution is -2.53. The van der Waals surface area contributed by atoms with Gasteiger partial charge in [0.1, 0.15) is 6.54 Å². The van der Waals surface area contributed by atoms with Crippen molar-refractivity contribution in [2.24, 2.45) is 5.73 Å². The highest BCUT2D eigenvalue weighted by Crippen LogP contribution is 2.18. The van der Waals surface area contributed by atoms with Crippen LogP contribution in [0.25, 0.3) is 0 Å². The molecule has 0 radical (unpaired) electrons. The molecule has 5 nitrogen and oxygen atoms in total. The zero-order valence-corrected chi connectivity index (χ0v) is 12.9. The molecule has 1 atom stereocenters. The minimum Gasteiger partial charge on any atom is -0.480 e. The molecule has 0 aliphatic rings. The summed E-state index contributed by atoms with van der Waals surface area (Å²) in [7, 11) is 0. The number of carboxylic acids is 1. The number of hydrogen-bond acceptors (Lipinski definition) is 4. The van der Waals surface area contributed by atoms with Crippen LogP contribution < -0.4 is 5.73 Å². The van der Waals surface area contributed by atoms with E-state index in [9.17, 15) is 9.59 Å². The number of nitrogens with zero attached hydrogens (tertiary/aromatic N) is 1. The lowest BCUT2D eigenvalue weighted by Gasteiger charge is -2.30. The van der Waals surface area contributed by atoms with Gasteiger partial charge in [-0.1, -0.05) is 26.2 Å². The highest BCUT2D eigenvalue weighted by molar-refractivity contribution is 7.81. The summed E-state index contributed by atoms with van der Waals surface area (Å²) >= 11 is 4.28. The number of carbonyl (C=O) groups excluding carboxylic acids is 1. The molecule has 0 aromatic heterocycles. The highest BCUT2D eigenvalue weighted by atomic mass is 32.1. The predicted molar refractivity (Wildman–Crippen MR) is 79.4 cm³/mol. The molecule has 0 fully saturated rings. The Labute approximate surface area is 120 Å². The van der Waals surface area contributed by atoms with Crippen molar-refractivity contribution in [3.63, 3.8) is 0 Å². The Kier molecular flexibility index (Phi) is 8.09. The van der Waals surface area contributed by atoms with Crippen LogP contribution >= 0.6 is 12.6 Å². The Morgan fingerprint density at radius 1 is 1.32 bits per heavy atom. The third kappa shape index (κ3) is 7.42. The number of carbonyl (C=O) groups is 2. The average molecular weight is 290 g/mol. The zero-order chi connectivity index (χ0) is 15.1. The van der Waals surface area contributed by atoms with Gasteiger partial charge in [-0.25, -0.2) is 0 Å². The van der Waals surface area contributed by atoms with Gasteiger partial charge in [0.15, 0.2) is 0 Å². The SMILES string of the molecule is CCCCCCN(CC(=O)O)C(=O)[C@@H](N)C(C)(C)S. The van der Waals surface area contributed by atoms with E-state index in [0.717, 1.165) is 25.7 Å². The van der Waals surface area contributed by atoms with Gasteiger partial charge in [0, 0.05) is 11.3 Å². The molecule has 6 heteroatoms. The summed E-state index contributed by atoms with van der Waals surface area (Å²) in [4.78, 5) is 24.3. The summed E-state index contributed by atoms with van der Waals surface area (Å²) in [5, 5.41) is 8.87. The van der Waals surface area contributed by atoms with E-state index in [1.54, 1.807) is 13.8 Å². The summed E-state index contributed by atoms with van der Waals surface area (Å²) in [6, 6.07) is -0.804. The normalized spacial score (nSPS) is 13.1. The number of unbranched alkanes of at least 4 members (excludes halogenated alkanes) is 3. The molecule has 0 aliphatic carbocycles. The molecule has 0 unspecified atom stereocenters. The summed E-state index contributed by atoms with van der Waals surface area (Å²) < 4.78 is -0.669. The lowest BCUT2D eigenvalue weighted by atomic mass is 10.0. The van der Waals surface area contributed by atoms with Crippen LogP contribution in [0.1, 0.15) is 46.5 Å². The van der Waals surface area contributed by atoms with E-state index in [0.29, 0.717) is 6.54 Å². The van der Waals surface area contributed by atoms with Crippen LogP contribution in [0.3, 0.4) is 0 Å². The second-order valence-electron chi connectivity index (χ2n) is 5.35. The van der Waals surface area contributed by atoms with Crippen LogP contribution in [-0.4, -0.2) is 45.8 Å². The van der Waals surface area contributed by atoms with Gasteiger partial charge in [-0.15, -0.1) is 0 Å². The first-order valence-electron chi connectivity index (χ1n) is 6.68. The maximum atomic E-state index is 12.2. The zero-order valence-electron chi connectivity index (χ0n) is 12.1. The fourth-order valence-electron chi connectivity index (χ4n) is 1.66. The Hall–Kier alpha value is -0.750. The molecule has 0 rings (SSSR count). The molecule has 3 N–H and O–H groups in total. The molecule has 0 aromatic rings. The number of amides is 1. The van der Waals surface area contributed by atoms with Gasteiger partial charge in [-0.3, -0.25) is 9.59 Å². The molecular formula is C13H26N2O3S. The second kappa shape index (κ2) is 8.43. The number of hydrogen-bond donors (Lipinski definition) is 3. The van der Waals surface area contributed by atoms with Gasteiger partial charge < -0.3 is 15.7 Å². The van der Waals surface area contributed by atoms with Crippen molar-refractivity contribution in [1.29, 1.82) is 0 Å². The standard InChI is InChI=1S/C13H26N2O3S/c1-4-5-6-7-8-15(9-10(16)17)12(18)11(14)13(2,3)19/h11,19H,4-9,14H2,1-3H3,(H,16,17)/t11-/m1/s1. The minimum absolute atomic E-state index is 0.303. The smallest absolute Gasteiger partial charge is 0.323 e. The Morgan fingerprint density at radius 2 is 1.89 bits per heavy atom. The van der Waals surface area contributed by atoms with Crippen LogP contribution in [0.15, 0.2) is 0 Å². The monoisotopic (exact) mass is 290 g/mol. The maximum absolute atomic E-state index is 12.2. The number of thiol groups is 1. The average Bonchev–Trinajstić information content (AvgIpc) is 2.29. The van der Waals surface area contributed by atoms with E-state index >= 15 is 0 Å². The Morgan fingerprint density at radius 3 is 2.32 bits per heavy atom. The summed E-state index contributed by atoms with van der Waals surface area (Å²) in [5.41, 5.74) is 5.84. The van der Waals surface area contributed by atoms with Crippen LogP contribution in [-0.2, 0) is 9.59 Å². The van der Waals surface area contributed by atoms with Gasteiger partial charge in [-0.2, -0.15) is 12.6 Å². The van der Waals surface area contributed by atoms with Crippen LogP contribution in [0.5, 0.6) is 0 Å². The molecular weight excluding hydrogens is 264 g/mol. The molecule has 0 saturated heterocycles. The van der Waals surface area contributed by atoms with Gasteiger partial charge >= 0.3 is 5.97 Å². The second-order valence-corrected chi connectivity index (χ2v) is 6.50. The number of carboxylic acid groups (broad SMARTS) is 1. The fourth-order valence-corrected chi connectivity index (χ4v) is 1.77. The van der Waals surface area contributed by atoms with Crippen LogP contribution in [0, 0.1) is 0 Å². The van der Waals surface area contributed by atoms with E-state index < -0.39 is 16.8 Å². The van der Waals surface area contributed by atoms with Crippen molar-refractivity contribution in [2.75, 3.05) is 13.1 Å². The molecule has 0 aromatic carbocycles. The third-order valence-corrected chi connectivity index (χ3v) is 3.22. The minimum atomic E-state index is -1.02. The Balaban J connectivity index is 4.56. The van der Waals surface area contributed by atoms with Gasteiger partial charge in [0.2, 0.25) is 5.91 Å². The highest BCUT2D eigenvalue weighted by Gasteiger charge is 2.32. The first-order valence-corrected chi connectivity index (χ1v) is 7.13. The largest absolute Gasteiger partial charge is 0.480 e. The summed E-state index contributed by atoms with van der Waals surface area (Å²) in [6.45, 7) is 5.72. The lowest BCUT2D eigenvalue weighted by molar-refractivity contribution is -0.145. The predicted octanol–water partition coefficient (Wildman–Crippen LogP) is 1.52.